The molecular formula is C69H89N5O5. The second-order valence-electron chi connectivity index (χ2n) is 21.0. The first-order chi connectivity index (χ1) is 37.9. The van der Waals surface area contributed by atoms with Crippen LogP contribution >= 0.6 is 0 Å². The number of carbonyl (C=O) groups is 5. The average Bonchev–Trinajstić information content (AvgIpc) is 3.88. The number of fused-ring (bicyclic) bond motifs is 3. The van der Waals surface area contributed by atoms with Crippen molar-refractivity contribution in [2.45, 2.75) is 130 Å². The molecule has 5 N–H and O–H groups in total. The number of hydrogen-bond acceptors (Lipinski definition) is 10. The molecule has 7 aromatic carbocycles. The fraction of sp³-hybridized carbons (Fsp3) is 0.377. The minimum atomic E-state index is -0.0965. The molecule has 10 nitrogen and oxygen atoms in total. The highest BCUT2D eigenvalue weighted by Gasteiger charge is 2.30. The largest absolute Gasteiger partial charge is 0.311 e. The van der Waals surface area contributed by atoms with Gasteiger partial charge in [0.2, 0.25) is 0 Å². The van der Waals surface area contributed by atoms with Crippen LogP contribution in [-0.4, -0.2) is 94.4 Å². The Morgan fingerprint density at radius 3 is 1.38 bits per heavy atom. The number of rotatable bonds is 21. The standard InChI is InChI=1S/2C15H17NO.C14H21NO.C13H17NO.C12H17NO/c1-11(17)15(16-2)10-13-8-5-7-12-6-3-4-9-14(12)13;1-11(17)15(16-2)10-12-7-8-13-5-3-4-6-14(13)9-12;1-10(2)13-7-5-12(6-8-13)9-14(15-4)11(3)16;1-9(15)13(14-2)12-7-10-5-3-4-6-11(10)8-12;1-10(14)12(13-2)9-8-11-6-4-3-5-7-11/h2*3-9,15-16H,10H2,1-2H3;5-8,10,14-15H,9H2,1-4H3;3-6,12-14H,7-8H2,1-2H3;3-7,12-13H,8-9H2,1-2H3/t2*15-;14-;13-;12-/m00010/s1. The Balaban J connectivity index is 0.000000213. The Kier molecular flexibility index (Phi) is 28.1. The van der Waals surface area contributed by atoms with Gasteiger partial charge in [0.15, 0.2) is 0 Å². The smallest absolute Gasteiger partial charge is 0.147 e. The van der Waals surface area contributed by atoms with Crippen molar-refractivity contribution >= 4 is 50.5 Å². The molecule has 0 fully saturated rings. The van der Waals surface area contributed by atoms with E-state index in [1.807, 2.05) is 83.8 Å². The van der Waals surface area contributed by atoms with Crippen LogP contribution in [0.3, 0.4) is 0 Å². The number of nitrogens with one attached hydrogen (secondary N) is 5. The molecule has 5 atom stereocenters. The Bertz CT molecular complexity index is 2950. The van der Waals surface area contributed by atoms with Gasteiger partial charge in [0.05, 0.1) is 30.2 Å². The molecule has 0 heterocycles. The molecule has 10 heteroatoms. The minimum Gasteiger partial charge on any atom is -0.311 e. The van der Waals surface area contributed by atoms with E-state index in [9.17, 15) is 24.0 Å². The van der Waals surface area contributed by atoms with Gasteiger partial charge in [-0.1, -0.05) is 178 Å². The molecule has 79 heavy (non-hydrogen) atoms. The maximum Gasteiger partial charge on any atom is 0.147 e. The summed E-state index contributed by atoms with van der Waals surface area (Å²) in [6.45, 7) is 12.6. The maximum atomic E-state index is 11.5. The van der Waals surface area contributed by atoms with Gasteiger partial charge in [-0.25, -0.2) is 0 Å². The van der Waals surface area contributed by atoms with E-state index in [1.54, 1.807) is 34.6 Å². The highest BCUT2D eigenvalue weighted by molar-refractivity contribution is 5.88. The lowest BCUT2D eigenvalue weighted by molar-refractivity contribution is -0.120. The van der Waals surface area contributed by atoms with Crippen molar-refractivity contribution in [3.8, 4) is 0 Å². The molecule has 7 aromatic rings. The number of carbonyl (C=O) groups excluding carboxylic acids is 5. The summed E-state index contributed by atoms with van der Waals surface area (Å²) in [6.07, 6.45) is 6.14. The molecule has 0 spiro atoms. The van der Waals surface area contributed by atoms with Gasteiger partial charge in [-0.15, -0.1) is 0 Å². The molecular weight excluding hydrogens is 979 g/mol. The Morgan fingerprint density at radius 2 is 0.873 bits per heavy atom. The number of benzene rings is 7. The van der Waals surface area contributed by atoms with Crippen LogP contribution in [0.4, 0.5) is 0 Å². The summed E-state index contributed by atoms with van der Waals surface area (Å²) >= 11 is 0. The Morgan fingerprint density at radius 1 is 0.418 bits per heavy atom. The van der Waals surface area contributed by atoms with Gasteiger partial charge in [-0.3, -0.25) is 24.0 Å². The summed E-state index contributed by atoms with van der Waals surface area (Å²) in [5.74, 6) is 2.00. The lowest BCUT2D eigenvalue weighted by atomic mass is 9.94. The highest BCUT2D eigenvalue weighted by atomic mass is 16.1. The Hall–Kier alpha value is -6.79. The number of aryl methyl sites for hydroxylation is 1. The third-order valence-electron chi connectivity index (χ3n) is 14.9. The van der Waals surface area contributed by atoms with Crippen molar-refractivity contribution in [2.75, 3.05) is 35.2 Å². The van der Waals surface area contributed by atoms with Gasteiger partial charge < -0.3 is 26.6 Å². The summed E-state index contributed by atoms with van der Waals surface area (Å²) in [5, 5.41) is 20.2. The summed E-state index contributed by atoms with van der Waals surface area (Å²) in [4.78, 5) is 56.7. The average molecular weight is 1070 g/mol. The van der Waals surface area contributed by atoms with Crippen LogP contribution in [0.15, 0.2) is 164 Å². The molecule has 0 aromatic heterocycles. The molecule has 0 bridgehead atoms. The van der Waals surface area contributed by atoms with E-state index in [2.05, 4.69) is 156 Å². The van der Waals surface area contributed by atoms with E-state index in [-0.39, 0.29) is 59.1 Å². The van der Waals surface area contributed by atoms with Crippen molar-refractivity contribution in [3.05, 3.63) is 203 Å². The van der Waals surface area contributed by atoms with Crippen LogP contribution < -0.4 is 26.6 Å². The third kappa shape index (κ3) is 21.4. The van der Waals surface area contributed by atoms with Crippen LogP contribution in [0, 0.1) is 5.92 Å². The molecule has 8 rings (SSSR count). The maximum absolute atomic E-state index is 11.5. The Labute approximate surface area is 472 Å². The SMILES string of the molecule is CN[C@@H](CCc1ccccc1)C(C)=O.CN[C@@H](Cc1ccc(C(C)C)cc1)C(C)=O.CN[C@@H](Cc1ccc2ccccc2c1)C(C)=O.CN[C@@H](Cc1cccc2ccccc12)C(C)=O.CN[C@H](C(C)=O)C1Cc2ccccc2C1. The number of hydrogen-bond donors (Lipinski definition) is 5. The molecule has 0 radical (unpaired) electrons. The van der Waals surface area contributed by atoms with Gasteiger partial charge in [-0.2, -0.15) is 0 Å². The third-order valence-corrected chi connectivity index (χ3v) is 14.9. The molecule has 0 saturated carbocycles. The lowest BCUT2D eigenvalue weighted by Crippen LogP contribution is -2.39. The second-order valence-corrected chi connectivity index (χ2v) is 21.0. The fourth-order valence-electron chi connectivity index (χ4n) is 10.0. The number of ketones is 5. The van der Waals surface area contributed by atoms with E-state index >= 15 is 0 Å². The molecule has 0 unspecified atom stereocenters. The van der Waals surface area contributed by atoms with E-state index < -0.39 is 0 Å². The quantitative estimate of drug-likeness (QED) is 0.0472. The summed E-state index contributed by atoms with van der Waals surface area (Å²) in [7, 11) is 9.19. The van der Waals surface area contributed by atoms with Gasteiger partial charge in [0.1, 0.15) is 28.9 Å². The van der Waals surface area contributed by atoms with E-state index in [0.717, 1.165) is 44.9 Å². The second kappa shape index (κ2) is 34.3. The van der Waals surface area contributed by atoms with E-state index in [1.165, 1.54) is 60.5 Å². The first kappa shape index (κ1) is 64.7. The molecule has 0 amide bonds. The molecule has 0 saturated heterocycles. The number of likely N-dealkylation sites (N-methyl/N-ethyl adjacent to an activating group) is 5. The van der Waals surface area contributed by atoms with Gasteiger partial charge >= 0.3 is 0 Å². The van der Waals surface area contributed by atoms with Gasteiger partial charge in [0, 0.05) is 0 Å². The van der Waals surface area contributed by atoms with Crippen LogP contribution in [0.1, 0.15) is 99.7 Å². The molecule has 1 aliphatic carbocycles. The molecule has 0 aliphatic heterocycles. The highest BCUT2D eigenvalue weighted by Crippen LogP contribution is 2.29. The first-order valence-corrected chi connectivity index (χ1v) is 28.0. The van der Waals surface area contributed by atoms with Crippen LogP contribution in [0.5, 0.6) is 0 Å². The van der Waals surface area contributed by atoms with Crippen molar-refractivity contribution in [1.82, 2.24) is 26.6 Å². The zero-order valence-electron chi connectivity index (χ0n) is 49.1. The predicted molar refractivity (Wildman–Crippen MR) is 329 cm³/mol. The fourth-order valence-corrected chi connectivity index (χ4v) is 10.0. The van der Waals surface area contributed by atoms with E-state index in [0.29, 0.717) is 11.8 Å². The number of Topliss-reactive ketones (excluding diaryl/α,β-unsaturated/α-hetero) is 5. The molecule has 420 valence electrons. The van der Waals surface area contributed by atoms with Crippen molar-refractivity contribution in [3.63, 3.8) is 0 Å². The predicted octanol–water partition coefficient (Wildman–Crippen LogP) is 11.0. The van der Waals surface area contributed by atoms with Gasteiger partial charge in [0.25, 0.3) is 0 Å². The summed E-state index contributed by atoms with van der Waals surface area (Å²) in [5.41, 5.74) is 9.06. The van der Waals surface area contributed by atoms with Crippen LogP contribution in [0.25, 0.3) is 21.5 Å². The summed E-state index contributed by atoms with van der Waals surface area (Å²) < 4.78 is 0. The minimum absolute atomic E-state index is 0.00444. The zero-order chi connectivity index (χ0) is 57.9. The van der Waals surface area contributed by atoms with Crippen molar-refractivity contribution in [2.24, 2.45) is 5.92 Å². The first-order valence-electron chi connectivity index (χ1n) is 28.0. The molecule has 1 aliphatic rings. The summed E-state index contributed by atoms with van der Waals surface area (Å²) in [6, 6.07) is 56.1. The van der Waals surface area contributed by atoms with Crippen LogP contribution in [-0.2, 0) is 62.5 Å². The van der Waals surface area contributed by atoms with Gasteiger partial charge in [-0.05, 0) is 187 Å². The lowest BCUT2D eigenvalue weighted by Gasteiger charge is -2.19. The monoisotopic (exact) mass is 1070 g/mol. The van der Waals surface area contributed by atoms with Crippen molar-refractivity contribution < 1.29 is 24.0 Å². The van der Waals surface area contributed by atoms with Crippen molar-refractivity contribution in [1.29, 1.82) is 0 Å². The van der Waals surface area contributed by atoms with Crippen LogP contribution in [0.2, 0.25) is 0 Å². The van der Waals surface area contributed by atoms with E-state index in [4.69, 9.17) is 0 Å². The zero-order valence-corrected chi connectivity index (χ0v) is 49.1. The topological polar surface area (TPSA) is 146 Å². The normalized spacial score (nSPS) is 13.5.